The van der Waals surface area contributed by atoms with E-state index in [4.69, 9.17) is 11.5 Å². The Kier molecular flexibility index (Phi) is 10.0. The van der Waals surface area contributed by atoms with Gasteiger partial charge < -0.3 is 27.4 Å². The number of nitrogens with zero attached hydrogens (tertiary/aromatic N) is 1. The summed E-state index contributed by atoms with van der Waals surface area (Å²) in [7, 11) is 0. The Labute approximate surface area is 257 Å². The molecule has 3 amide bonds. The van der Waals surface area contributed by atoms with Crippen LogP contribution in [-0.4, -0.2) is 53.6 Å². The number of hydrogen-bond donors (Lipinski definition) is 6. The lowest BCUT2D eigenvalue weighted by atomic mass is 9.81. The van der Waals surface area contributed by atoms with E-state index in [0.717, 1.165) is 58.8 Å². The van der Waals surface area contributed by atoms with Crippen molar-refractivity contribution in [2.45, 2.75) is 45.1 Å². The Morgan fingerprint density at radius 1 is 0.977 bits per heavy atom. The molecule has 230 valence electrons. The Bertz CT molecular complexity index is 1610. The van der Waals surface area contributed by atoms with Crippen LogP contribution in [0.5, 0.6) is 0 Å². The molecule has 1 heterocycles. The van der Waals surface area contributed by atoms with E-state index in [0.29, 0.717) is 43.2 Å². The first-order valence-electron chi connectivity index (χ1n) is 15.3. The van der Waals surface area contributed by atoms with Crippen molar-refractivity contribution in [1.29, 1.82) is 0 Å². The number of nitrogens with one attached hydrogen (secondary N) is 4. The van der Waals surface area contributed by atoms with Crippen LogP contribution >= 0.6 is 0 Å². The van der Waals surface area contributed by atoms with Gasteiger partial charge in [-0.05, 0) is 97.7 Å². The Morgan fingerprint density at radius 3 is 2.45 bits per heavy atom. The summed E-state index contributed by atoms with van der Waals surface area (Å²) < 4.78 is 0. The van der Waals surface area contributed by atoms with Crippen LogP contribution in [0.25, 0.3) is 22.0 Å². The van der Waals surface area contributed by atoms with Crippen LogP contribution in [0.3, 0.4) is 0 Å². The van der Waals surface area contributed by atoms with Crippen molar-refractivity contribution < 1.29 is 14.4 Å². The number of benzene rings is 3. The number of nitrogens with two attached hydrogens (primary N) is 2. The molecule has 0 bridgehead atoms. The fraction of sp³-hybridized carbons (Fsp3) is 0.353. The van der Waals surface area contributed by atoms with E-state index in [9.17, 15) is 14.4 Å². The molecule has 1 unspecified atom stereocenters. The van der Waals surface area contributed by atoms with E-state index in [2.05, 4.69) is 26.1 Å². The Balaban J connectivity index is 1.31. The summed E-state index contributed by atoms with van der Waals surface area (Å²) in [5, 5.41) is 16.7. The molecule has 1 aliphatic rings. The molecule has 1 saturated carbocycles. The fourth-order valence-electron chi connectivity index (χ4n) is 5.88. The molecular formula is C34H41N7O3. The minimum atomic E-state index is -0.758. The van der Waals surface area contributed by atoms with E-state index < -0.39 is 6.04 Å². The molecule has 1 atom stereocenters. The number of carbonyl (C=O) groups is 3. The molecule has 10 nitrogen and oxygen atoms in total. The van der Waals surface area contributed by atoms with Gasteiger partial charge in [0.05, 0.1) is 11.7 Å². The smallest absolute Gasteiger partial charge is 0.251 e. The second kappa shape index (κ2) is 14.3. The molecule has 10 heteroatoms. The van der Waals surface area contributed by atoms with Crippen molar-refractivity contribution in [2.24, 2.45) is 23.3 Å². The third-order valence-corrected chi connectivity index (χ3v) is 8.52. The first-order valence-corrected chi connectivity index (χ1v) is 15.3. The standard InChI is InChI=1S/C34H41N7O3/c1-21-16-26(32(42)37-15-14-35)11-13-29(21)24-6-2-22(3-7-24)17-31(40-33(43)25-8-4-23(19-36)5-9-25)34(44)39-28-12-10-27-20-38-41-30(27)18-28/h2-3,6-7,10-13,16,18,20,23,25,31H,4-5,8-9,14-15,17,19,35-36H2,1H3,(H,37,42)(H,38,41)(H,39,44)(H,40,43). The zero-order chi connectivity index (χ0) is 31.1. The van der Waals surface area contributed by atoms with Crippen molar-refractivity contribution in [3.05, 3.63) is 83.6 Å². The van der Waals surface area contributed by atoms with Gasteiger partial charge in [-0.2, -0.15) is 5.10 Å². The van der Waals surface area contributed by atoms with Gasteiger partial charge in [0, 0.05) is 42.1 Å². The monoisotopic (exact) mass is 595 g/mol. The molecule has 4 aromatic rings. The highest BCUT2D eigenvalue weighted by molar-refractivity contribution is 5.99. The number of carbonyl (C=O) groups excluding carboxylic acids is 3. The lowest BCUT2D eigenvalue weighted by Gasteiger charge is -2.28. The quantitative estimate of drug-likeness (QED) is 0.155. The number of aromatic nitrogens is 2. The molecule has 1 fully saturated rings. The number of H-pyrrole nitrogens is 1. The summed E-state index contributed by atoms with van der Waals surface area (Å²) in [5.74, 6) is -0.185. The molecular weight excluding hydrogens is 554 g/mol. The first kappa shape index (κ1) is 30.9. The van der Waals surface area contributed by atoms with Crippen molar-refractivity contribution in [3.8, 4) is 11.1 Å². The molecule has 44 heavy (non-hydrogen) atoms. The minimum Gasteiger partial charge on any atom is -0.351 e. The lowest BCUT2D eigenvalue weighted by Crippen LogP contribution is -2.48. The summed E-state index contributed by atoms with van der Waals surface area (Å²) in [5.41, 5.74) is 17.3. The Morgan fingerprint density at radius 2 is 1.75 bits per heavy atom. The molecule has 0 aliphatic heterocycles. The van der Waals surface area contributed by atoms with E-state index in [1.54, 1.807) is 12.3 Å². The maximum atomic E-state index is 13.6. The maximum Gasteiger partial charge on any atom is 0.251 e. The van der Waals surface area contributed by atoms with Crippen molar-refractivity contribution >= 4 is 34.3 Å². The summed E-state index contributed by atoms with van der Waals surface area (Å²) in [6.45, 7) is 3.43. The topological polar surface area (TPSA) is 168 Å². The molecule has 0 saturated heterocycles. The van der Waals surface area contributed by atoms with Gasteiger partial charge in [0.15, 0.2) is 0 Å². The van der Waals surface area contributed by atoms with Gasteiger partial charge in [0.1, 0.15) is 6.04 Å². The van der Waals surface area contributed by atoms with Crippen LogP contribution in [-0.2, 0) is 16.0 Å². The predicted octanol–water partition coefficient (Wildman–Crippen LogP) is 3.66. The molecule has 8 N–H and O–H groups in total. The van der Waals surface area contributed by atoms with Crippen molar-refractivity contribution in [1.82, 2.24) is 20.8 Å². The van der Waals surface area contributed by atoms with Crippen LogP contribution in [0.1, 0.15) is 47.2 Å². The Hall–Kier alpha value is -4.54. The maximum absolute atomic E-state index is 13.6. The highest BCUT2D eigenvalue weighted by atomic mass is 16.2. The van der Waals surface area contributed by atoms with Gasteiger partial charge in [-0.25, -0.2) is 0 Å². The third-order valence-electron chi connectivity index (χ3n) is 8.52. The normalized spacial score (nSPS) is 17.2. The first-order chi connectivity index (χ1) is 21.3. The van der Waals surface area contributed by atoms with Gasteiger partial charge in [0.2, 0.25) is 11.8 Å². The number of hydrogen-bond acceptors (Lipinski definition) is 6. The van der Waals surface area contributed by atoms with Crippen LogP contribution in [0.15, 0.2) is 66.9 Å². The van der Waals surface area contributed by atoms with Crippen molar-refractivity contribution in [3.63, 3.8) is 0 Å². The lowest BCUT2D eigenvalue weighted by molar-refractivity contribution is -0.130. The second-order valence-corrected chi connectivity index (χ2v) is 11.7. The summed E-state index contributed by atoms with van der Waals surface area (Å²) in [6, 6.07) is 18.4. The summed E-state index contributed by atoms with van der Waals surface area (Å²) in [6.07, 6.45) is 5.47. The van der Waals surface area contributed by atoms with Gasteiger partial charge in [0.25, 0.3) is 5.91 Å². The molecule has 0 spiro atoms. The molecule has 0 radical (unpaired) electrons. The molecule has 3 aromatic carbocycles. The minimum absolute atomic E-state index is 0.0903. The van der Waals surface area contributed by atoms with Gasteiger partial charge in [-0.15, -0.1) is 0 Å². The zero-order valence-electron chi connectivity index (χ0n) is 25.1. The summed E-state index contributed by atoms with van der Waals surface area (Å²) >= 11 is 0. The van der Waals surface area contributed by atoms with Crippen LogP contribution in [0.2, 0.25) is 0 Å². The zero-order valence-corrected chi connectivity index (χ0v) is 25.1. The number of anilines is 1. The SMILES string of the molecule is Cc1cc(C(=O)NCCN)ccc1-c1ccc(CC(NC(=O)C2CCC(CN)CC2)C(=O)Nc2ccc3cn[nH]c3c2)cc1. The number of amides is 3. The average molecular weight is 596 g/mol. The van der Waals surface area contributed by atoms with Gasteiger partial charge in [-0.1, -0.05) is 30.3 Å². The fourth-order valence-corrected chi connectivity index (χ4v) is 5.88. The second-order valence-electron chi connectivity index (χ2n) is 11.7. The highest BCUT2D eigenvalue weighted by Gasteiger charge is 2.29. The highest BCUT2D eigenvalue weighted by Crippen LogP contribution is 2.29. The largest absolute Gasteiger partial charge is 0.351 e. The van der Waals surface area contributed by atoms with E-state index >= 15 is 0 Å². The van der Waals surface area contributed by atoms with Gasteiger partial charge in [-0.3, -0.25) is 19.5 Å². The summed E-state index contributed by atoms with van der Waals surface area (Å²) in [4.78, 5) is 39.3. The van der Waals surface area contributed by atoms with Crippen LogP contribution in [0.4, 0.5) is 5.69 Å². The number of aromatic amines is 1. The predicted molar refractivity (Wildman–Crippen MR) is 173 cm³/mol. The van der Waals surface area contributed by atoms with E-state index in [1.165, 1.54) is 0 Å². The molecule has 5 rings (SSSR count). The number of aryl methyl sites for hydroxylation is 1. The average Bonchev–Trinajstić information content (AvgIpc) is 3.51. The van der Waals surface area contributed by atoms with E-state index in [1.807, 2.05) is 61.5 Å². The number of fused-ring (bicyclic) bond motifs is 1. The van der Waals surface area contributed by atoms with Crippen LogP contribution in [0, 0.1) is 18.8 Å². The molecule has 1 aliphatic carbocycles. The van der Waals surface area contributed by atoms with Crippen molar-refractivity contribution in [2.75, 3.05) is 25.0 Å². The molecule has 1 aromatic heterocycles. The number of rotatable bonds is 11. The van der Waals surface area contributed by atoms with Gasteiger partial charge >= 0.3 is 0 Å². The third kappa shape index (κ3) is 7.50. The van der Waals surface area contributed by atoms with E-state index in [-0.39, 0.29) is 23.6 Å². The van der Waals surface area contributed by atoms with Crippen LogP contribution < -0.4 is 27.4 Å².